The number of anilines is 1. The van der Waals surface area contributed by atoms with Gasteiger partial charge in [0.1, 0.15) is 4.90 Å². The summed E-state index contributed by atoms with van der Waals surface area (Å²) in [7, 11) is -4.13. The molecule has 2 unspecified atom stereocenters. The van der Waals surface area contributed by atoms with Gasteiger partial charge in [0.2, 0.25) is 10.0 Å². The van der Waals surface area contributed by atoms with Crippen molar-refractivity contribution in [2.45, 2.75) is 17.4 Å². The van der Waals surface area contributed by atoms with Gasteiger partial charge in [-0.3, -0.25) is 4.79 Å². The molecule has 1 aliphatic heterocycles. The number of carbonyl (C=O) groups is 1. The molecule has 9 nitrogen and oxygen atoms in total. The number of rotatable bonds is 5. The first-order valence-electron chi connectivity index (χ1n) is 9.73. The third-order valence-corrected chi connectivity index (χ3v) is 7.36. The topological polar surface area (TPSA) is 136 Å². The van der Waals surface area contributed by atoms with Crippen LogP contribution in [0.3, 0.4) is 0 Å². The molecule has 2 heterocycles. The van der Waals surface area contributed by atoms with E-state index in [-0.39, 0.29) is 53.3 Å². The van der Waals surface area contributed by atoms with Crippen molar-refractivity contribution in [1.82, 2.24) is 14.3 Å². The van der Waals surface area contributed by atoms with Crippen LogP contribution in [0, 0.1) is 17.6 Å². The fourth-order valence-electron chi connectivity index (χ4n) is 3.65. The van der Waals surface area contributed by atoms with Crippen LogP contribution in [0.25, 0.3) is 11.0 Å². The van der Waals surface area contributed by atoms with E-state index in [1.165, 1.54) is 18.5 Å². The Kier molecular flexibility index (Phi) is 5.95. The summed E-state index contributed by atoms with van der Waals surface area (Å²) in [6.45, 7) is -0.362. The second-order valence-electron chi connectivity index (χ2n) is 7.52. The number of hydrogen-bond acceptors (Lipinski definition) is 6. The molecule has 0 spiro atoms. The summed E-state index contributed by atoms with van der Waals surface area (Å²) < 4.78 is 54.3. The van der Waals surface area contributed by atoms with Crippen LogP contribution in [0.2, 0.25) is 0 Å². The lowest BCUT2D eigenvalue weighted by molar-refractivity contribution is 0.0222. The van der Waals surface area contributed by atoms with Crippen LogP contribution in [-0.4, -0.2) is 64.6 Å². The van der Waals surface area contributed by atoms with E-state index >= 15 is 0 Å². The first-order valence-corrected chi connectivity index (χ1v) is 11.2. The minimum absolute atomic E-state index is 0.00497. The van der Waals surface area contributed by atoms with E-state index in [9.17, 15) is 32.2 Å². The first kappa shape index (κ1) is 22.3. The summed E-state index contributed by atoms with van der Waals surface area (Å²) in [4.78, 5) is 19.3. The smallest absolute Gasteiger partial charge is 0.255 e. The quantitative estimate of drug-likeness (QED) is 0.450. The molecule has 2 aromatic carbocycles. The second kappa shape index (κ2) is 8.54. The molecule has 170 valence electrons. The van der Waals surface area contributed by atoms with Crippen LogP contribution in [-0.2, 0) is 10.0 Å². The van der Waals surface area contributed by atoms with Gasteiger partial charge in [0, 0.05) is 42.9 Å². The molecule has 1 fully saturated rings. The van der Waals surface area contributed by atoms with Crippen molar-refractivity contribution < 1.29 is 32.2 Å². The van der Waals surface area contributed by atoms with Gasteiger partial charge in [0.25, 0.3) is 5.91 Å². The Morgan fingerprint density at radius 2 is 2.03 bits per heavy atom. The number of fused-ring (bicyclic) bond motifs is 1. The number of imidazole rings is 1. The third kappa shape index (κ3) is 4.09. The number of carbonyl (C=O) groups excluding carboxylic acids is 1. The van der Waals surface area contributed by atoms with E-state index in [0.29, 0.717) is 0 Å². The normalized spacial score (nSPS) is 19.9. The van der Waals surface area contributed by atoms with Crippen molar-refractivity contribution in [2.24, 2.45) is 5.92 Å². The number of aliphatic hydroxyl groups is 2. The number of benzene rings is 2. The number of aliphatic hydroxyl groups excluding tert-OH is 2. The van der Waals surface area contributed by atoms with Gasteiger partial charge in [-0.2, -0.15) is 4.31 Å². The summed E-state index contributed by atoms with van der Waals surface area (Å²) in [6.07, 6.45) is 0.535. The number of nitrogens with zero attached hydrogens (tertiary/aromatic N) is 2. The average molecular weight is 466 g/mol. The van der Waals surface area contributed by atoms with Crippen molar-refractivity contribution >= 4 is 32.7 Å². The molecule has 3 aromatic rings. The molecule has 12 heteroatoms. The predicted molar refractivity (Wildman–Crippen MR) is 110 cm³/mol. The molecule has 1 saturated heterocycles. The molecule has 1 amide bonds. The van der Waals surface area contributed by atoms with Gasteiger partial charge in [-0.1, -0.05) is 0 Å². The molecular formula is C20H20F2N4O5S. The van der Waals surface area contributed by atoms with Gasteiger partial charge < -0.3 is 20.5 Å². The van der Waals surface area contributed by atoms with Crippen molar-refractivity contribution in [1.29, 1.82) is 0 Å². The Morgan fingerprint density at radius 1 is 1.25 bits per heavy atom. The summed E-state index contributed by atoms with van der Waals surface area (Å²) >= 11 is 0. The Balaban J connectivity index is 1.69. The van der Waals surface area contributed by atoms with Crippen LogP contribution in [0.4, 0.5) is 14.5 Å². The van der Waals surface area contributed by atoms with Gasteiger partial charge in [0.05, 0.1) is 23.5 Å². The number of amides is 1. The maximum atomic E-state index is 13.4. The lowest BCUT2D eigenvalue weighted by Crippen LogP contribution is -2.47. The molecule has 4 N–H and O–H groups in total. The van der Waals surface area contributed by atoms with Gasteiger partial charge in [-0.25, -0.2) is 22.2 Å². The highest BCUT2D eigenvalue weighted by atomic mass is 32.2. The number of sulfonamides is 1. The van der Waals surface area contributed by atoms with E-state index in [4.69, 9.17) is 0 Å². The molecule has 0 aliphatic carbocycles. The highest BCUT2D eigenvalue weighted by Crippen LogP contribution is 2.29. The largest absolute Gasteiger partial charge is 0.396 e. The van der Waals surface area contributed by atoms with Crippen molar-refractivity contribution in [3.8, 4) is 0 Å². The third-order valence-electron chi connectivity index (χ3n) is 5.47. The molecule has 32 heavy (non-hydrogen) atoms. The van der Waals surface area contributed by atoms with Gasteiger partial charge in [0.15, 0.2) is 11.6 Å². The monoisotopic (exact) mass is 466 g/mol. The molecule has 0 saturated carbocycles. The number of aromatic nitrogens is 2. The Bertz CT molecular complexity index is 1280. The van der Waals surface area contributed by atoms with E-state index in [1.54, 1.807) is 0 Å². The number of β-amino-alcohol motifs (C(OH)–C–C–N with tert-alkyl or cyclic N) is 1. The fraction of sp³-hybridized carbons (Fsp3) is 0.300. The second-order valence-corrected chi connectivity index (χ2v) is 9.42. The van der Waals surface area contributed by atoms with Crippen LogP contribution >= 0.6 is 0 Å². The standard InChI is InChI=1S/C20H20F2N4O5S/c21-14-2-1-13(7-15(14)22)25-20(29)12-5-16-19(24-10-23-16)18(6-12)32(30,31)26-4-3-11(9-27)17(28)8-26/h1-2,5-7,10-11,17,27-28H,3-4,8-9H2,(H,23,24)(H,25,29). The van der Waals surface area contributed by atoms with Gasteiger partial charge in [-0.15, -0.1) is 0 Å². The molecule has 2 atom stereocenters. The zero-order valence-electron chi connectivity index (χ0n) is 16.6. The molecule has 1 aromatic heterocycles. The maximum absolute atomic E-state index is 13.4. The number of H-pyrrole nitrogens is 1. The number of halogens is 2. The molecule has 1 aliphatic rings. The van der Waals surface area contributed by atoms with Crippen LogP contribution in [0.15, 0.2) is 41.6 Å². The Hall–Kier alpha value is -2.93. The highest BCUT2D eigenvalue weighted by molar-refractivity contribution is 7.89. The summed E-state index contributed by atoms with van der Waals surface area (Å²) in [5.41, 5.74) is 0.341. The maximum Gasteiger partial charge on any atom is 0.255 e. The van der Waals surface area contributed by atoms with E-state index in [1.807, 2.05) is 0 Å². The fourth-order valence-corrected chi connectivity index (χ4v) is 5.32. The zero-order valence-corrected chi connectivity index (χ0v) is 17.4. The summed E-state index contributed by atoms with van der Waals surface area (Å²) in [5, 5.41) is 21.9. The summed E-state index contributed by atoms with van der Waals surface area (Å²) in [6, 6.07) is 5.37. The SMILES string of the molecule is O=C(Nc1ccc(F)c(F)c1)c1cc(S(=O)(=O)N2CCC(CO)C(O)C2)c2[nH]cnc2c1. The molecule has 4 rings (SSSR count). The lowest BCUT2D eigenvalue weighted by atomic mass is 9.96. The first-order chi connectivity index (χ1) is 15.2. The molecule has 0 radical (unpaired) electrons. The van der Waals surface area contributed by atoms with Gasteiger partial charge >= 0.3 is 0 Å². The Labute approximate surface area is 181 Å². The van der Waals surface area contributed by atoms with E-state index in [0.717, 1.165) is 22.5 Å². The molecular weight excluding hydrogens is 446 g/mol. The Morgan fingerprint density at radius 3 is 2.72 bits per heavy atom. The average Bonchev–Trinajstić information content (AvgIpc) is 3.24. The number of piperidine rings is 1. The van der Waals surface area contributed by atoms with E-state index in [2.05, 4.69) is 15.3 Å². The summed E-state index contributed by atoms with van der Waals surface area (Å²) in [5.74, 6) is -3.36. The predicted octanol–water partition coefficient (Wildman–Crippen LogP) is 1.46. The minimum atomic E-state index is -4.13. The van der Waals surface area contributed by atoms with E-state index < -0.39 is 39.6 Å². The number of hydrogen-bond donors (Lipinski definition) is 4. The van der Waals surface area contributed by atoms with Crippen LogP contribution in [0.5, 0.6) is 0 Å². The van der Waals surface area contributed by atoms with Crippen LogP contribution < -0.4 is 5.32 Å². The van der Waals surface area contributed by atoms with Crippen molar-refractivity contribution in [3.05, 3.63) is 53.9 Å². The molecule has 0 bridgehead atoms. The van der Waals surface area contributed by atoms with Crippen LogP contribution in [0.1, 0.15) is 16.8 Å². The van der Waals surface area contributed by atoms with Crippen molar-refractivity contribution in [3.63, 3.8) is 0 Å². The number of aromatic amines is 1. The van der Waals surface area contributed by atoms with Gasteiger partial charge in [-0.05, 0) is 30.7 Å². The number of nitrogens with one attached hydrogen (secondary N) is 2. The highest BCUT2D eigenvalue weighted by Gasteiger charge is 2.36. The minimum Gasteiger partial charge on any atom is -0.396 e. The van der Waals surface area contributed by atoms with Crippen molar-refractivity contribution in [2.75, 3.05) is 25.0 Å². The lowest BCUT2D eigenvalue weighted by Gasteiger charge is -2.34. The zero-order chi connectivity index (χ0) is 23.0.